The molecule has 28 heavy (non-hydrogen) atoms. The number of aryl methyl sites for hydroxylation is 2. The number of hydrogen-bond acceptors (Lipinski definition) is 2. The molecule has 0 amide bonds. The summed E-state index contributed by atoms with van der Waals surface area (Å²) in [6.07, 6.45) is 0.979. The van der Waals surface area contributed by atoms with Crippen LogP contribution < -0.4 is 5.30 Å². The summed E-state index contributed by atoms with van der Waals surface area (Å²) in [4.78, 5) is 4.64. The summed E-state index contributed by atoms with van der Waals surface area (Å²) in [5.74, 6) is 0.396. The summed E-state index contributed by atoms with van der Waals surface area (Å²) in [5, 5.41) is 11.8. The third-order valence-electron chi connectivity index (χ3n) is 5.08. The first-order valence-electron chi connectivity index (χ1n) is 9.73. The highest BCUT2D eigenvalue weighted by Gasteiger charge is 2.19. The van der Waals surface area contributed by atoms with Crippen molar-refractivity contribution < 1.29 is 5.11 Å². The number of benzene rings is 3. The van der Waals surface area contributed by atoms with Gasteiger partial charge in [-0.05, 0) is 37.2 Å². The first kappa shape index (κ1) is 20.3. The SMILES string of the molecule is CCC(Pc1c(C)cccc1/C(=N/C)c1ccccc1)c1cc(C)ccc1O. The highest BCUT2D eigenvalue weighted by Crippen LogP contribution is 2.42. The van der Waals surface area contributed by atoms with Gasteiger partial charge in [0.15, 0.2) is 0 Å². The number of rotatable bonds is 6. The predicted octanol–water partition coefficient (Wildman–Crippen LogP) is 5.93. The van der Waals surface area contributed by atoms with E-state index in [2.05, 4.69) is 74.3 Å². The van der Waals surface area contributed by atoms with Crippen LogP contribution in [0.5, 0.6) is 5.75 Å². The number of phenolic OH excluding ortho intramolecular Hbond substituents is 1. The van der Waals surface area contributed by atoms with Crippen LogP contribution in [0.1, 0.15) is 46.8 Å². The predicted molar refractivity (Wildman–Crippen MR) is 123 cm³/mol. The Bertz CT molecular complexity index is 979. The normalized spacial score (nSPS) is 13.2. The molecule has 0 saturated heterocycles. The van der Waals surface area contributed by atoms with Crippen LogP contribution in [0.4, 0.5) is 0 Å². The van der Waals surface area contributed by atoms with E-state index in [1.165, 1.54) is 22.0 Å². The summed E-state index contributed by atoms with van der Waals surface area (Å²) in [6.45, 7) is 6.45. The Labute approximate surface area is 170 Å². The van der Waals surface area contributed by atoms with Crippen molar-refractivity contribution in [2.24, 2.45) is 4.99 Å². The van der Waals surface area contributed by atoms with Gasteiger partial charge in [-0.3, -0.25) is 4.99 Å². The van der Waals surface area contributed by atoms with Gasteiger partial charge in [-0.2, -0.15) is 0 Å². The molecule has 3 aromatic rings. The van der Waals surface area contributed by atoms with Crippen molar-refractivity contribution in [3.05, 3.63) is 94.5 Å². The fourth-order valence-corrected chi connectivity index (χ4v) is 5.19. The lowest BCUT2D eigenvalue weighted by molar-refractivity contribution is 0.467. The average molecular weight is 389 g/mol. The molecule has 2 unspecified atom stereocenters. The van der Waals surface area contributed by atoms with Gasteiger partial charge in [0, 0.05) is 29.4 Å². The Morgan fingerprint density at radius 2 is 1.75 bits per heavy atom. The zero-order chi connectivity index (χ0) is 20.1. The van der Waals surface area contributed by atoms with Crippen molar-refractivity contribution in [2.45, 2.75) is 32.9 Å². The van der Waals surface area contributed by atoms with Gasteiger partial charge < -0.3 is 5.11 Å². The van der Waals surface area contributed by atoms with Gasteiger partial charge in [-0.1, -0.05) is 81.7 Å². The van der Waals surface area contributed by atoms with Gasteiger partial charge in [-0.25, -0.2) is 0 Å². The molecule has 0 fully saturated rings. The van der Waals surface area contributed by atoms with Gasteiger partial charge in [0.2, 0.25) is 0 Å². The largest absolute Gasteiger partial charge is 0.508 e. The summed E-state index contributed by atoms with van der Waals surface area (Å²) in [5.41, 5.74) is 7.14. The molecule has 0 bridgehead atoms. The zero-order valence-electron chi connectivity index (χ0n) is 17.0. The minimum Gasteiger partial charge on any atom is -0.508 e. The summed E-state index contributed by atoms with van der Waals surface area (Å²) >= 11 is 0. The molecule has 0 saturated carbocycles. The Morgan fingerprint density at radius 1 is 1.00 bits per heavy atom. The molecule has 0 spiro atoms. The smallest absolute Gasteiger partial charge is 0.119 e. The van der Waals surface area contributed by atoms with Crippen molar-refractivity contribution in [1.82, 2.24) is 0 Å². The summed E-state index contributed by atoms with van der Waals surface area (Å²) in [7, 11) is 2.43. The van der Waals surface area contributed by atoms with E-state index in [1.54, 1.807) is 0 Å². The first-order chi connectivity index (χ1) is 13.5. The second-order valence-corrected chi connectivity index (χ2v) is 8.59. The van der Waals surface area contributed by atoms with E-state index < -0.39 is 0 Å². The molecule has 0 aliphatic rings. The number of hydrogen-bond donors (Lipinski definition) is 1. The molecule has 2 nitrogen and oxygen atoms in total. The number of nitrogens with zero attached hydrogens (tertiary/aromatic N) is 1. The molecular weight excluding hydrogens is 361 g/mol. The Balaban J connectivity index is 2.06. The van der Waals surface area contributed by atoms with E-state index in [0.717, 1.165) is 23.3 Å². The molecule has 1 N–H and O–H groups in total. The monoisotopic (exact) mass is 389 g/mol. The molecule has 0 heterocycles. The van der Waals surface area contributed by atoms with Crippen molar-refractivity contribution in [1.29, 1.82) is 0 Å². The third-order valence-corrected chi connectivity index (χ3v) is 7.10. The van der Waals surface area contributed by atoms with Gasteiger partial charge in [0.1, 0.15) is 5.75 Å². The van der Waals surface area contributed by atoms with Crippen LogP contribution in [0.2, 0.25) is 0 Å². The molecule has 2 atom stereocenters. The standard InChI is InChI=1S/C25H28NOP/c1-5-23(21-16-17(2)14-15-22(21)27)28-25-18(3)10-9-13-20(25)24(26-4)19-11-7-6-8-12-19/h6-16,23,27-28H,5H2,1-4H3/b26-24+. The Kier molecular flexibility index (Phi) is 6.65. The lowest BCUT2D eigenvalue weighted by Gasteiger charge is -2.22. The Morgan fingerprint density at radius 3 is 2.43 bits per heavy atom. The lowest BCUT2D eigenvalue weighted by Crippen LogP contribution is -2.17. The van der Waals surface area contributed by atoms with Crippen LogP contribution in [0.3, 0.4) is 0 Å². The number of aliphatic imine (C=N–C) groups is 1. The van der Waals surface area contributed by atoms with Crippen LogP contribution in [-0.4, -0.2) is 17.9 Å². The second kappa shape index (κ2) is 9.17. The van der Waals surface area contributed by atoms with Crippen LogP contribution in [-0.2, 0) is 0 Å². The van der Waals surface area contributed by atoms with Crippen molar-refractivity contribution in [2.75, 3.05) is 7.05 Å². The number of phenols is 1. The Hall–Kier alpha value is -2.44. The van der Waals surface area contributed by atoms with E-state index in [1.807, 2.05) is 25.2 Å². The summed E-state index contributed by atoms with van der Waals surface area (Å²) < 4.78 is 0. The maximum Gasteiger partial charge on any atom is 0.119 e. The fourth-order valence-electron chi connectivity index (χ4n) is 3.58. The third kappa shape index (κ3) is 4.34. The zero-order valence-corrected chi connectivity index (χ0v) is 18.0. The van der Waals surface area contributed by atoms with Gasteiger partial charge in [-0.15, -0.1) is 0 Å². The van der Waals surface area contributed by atoms with Gasteiger partial charge >= 0.3 is 0 Å². The highest BCUT2D eigenvalue weighted by atomic mass is 31.1. The van der Waals surface area contributed by atoms with E-state index in [0.29, 0.717) is 14.3 Å². The minimum atomic E-state index is 0.286. The molecule has 0 radical (unpaired) electrons. The highest BCUT2D eigenvalue weighted by molar-refractivity contribution is 7.48. The molecule has 0 aliphatic carbocycles. The van der Waals surface area contributed by atoms with E-state index >= 15 is 0 Å². The number of aromatic hydroxyl groups is 1. The first-order valence-corrected chi connectivity index (χ1v) is 10.8. The molecule has 3 rings (SSSR count). The molecule has 144 valence electrons. The van der Waals surface area contributed by atoms with Crippen LogP contribution >= 0.6 is 8.58 Å². The van der Waals surface area contributed by atoms with Crippen LogP contribution in [0.15, 0.2) is 71.7 Å². The van der Waals surface area contributed by atoms with E-state index in [-0.39, 0.29) is 5.66 Å². The second-order valence-electron chi connectivity index (χ2n) is 7.10. The maximum atomic E-state index is 10.5. The molecular formula is C25H28NOP. The molecule has 0 aliphatic heterocycles. The van der Waals surface area contributed by atoms with Crippen molar-refractivity contribution in [3.63, 3.8) is 0 Å². The lowest BCUT2D eigenvalue weighted by atomic mass is 10.0. The minimum absolute atomic E-state index is 0.286. The van der Waals surface area contributed by atoms with Crippen molar-refractivity contribution >= 4 is 19.6 Å². The molecule has 3 aromatic carbocycles. The van der Waals surface area contributed by atoms with E-state index in [9.17, 15) is 5.11 Å². The maximum absolute atomic E-state index is 10.5. The quantitative estimate of drug-likeness (QED) is 0.411. The van der Waals surface area contributed by atoms with Gasteiger partial charge in [0.05, 0.1) is 5.71 Å². The summed E-state index contributed by atoms with van der Waals surface area (Å²) in [6, 6.07) is 22.7. The molecule has 3 heteroatoms. The fraction of sp³-hybridized carbons (Fsp3) is 0.240. The average Bonchev–Trinajstić information content (AvgIpc) is 2.71. The molecule has 0 aromatic heterocycles. The topological polar surface area (TPSA) is 32.6 Å². The van der Waals surface area contributed by atoms with Crippen LogP contribution in [0.25, 0.3) is 0 Å². The van der Waals surface area contributed by atoms with Crippen LogP contribution in [0, 0.1) is 13.8 Å². The van der Waals surface area contributed by atoms with E-state index in [4.69, 9.17) is 0 Å². The van der Waals surface area contributed by atoms with Crippen molar-refractivity contribution in [3.8, 4) is 5.75 Å². The van der Waals surface area contributed by atoms with Gasteiger partial charge in [0.25, 0.3) is 0 Å².